The summed E-state index contributed by atoms with van der Waals surface area (Å²) in [6.45, 7) is 6.92. The Morgan fingerprint density at radius 2 is 1.00 bits per heavy atom. The minimum absolute atomic E-state index is 0.157. The number of amides is 2. The molecule has 0 radical (unpaired) electrons. The largest absolute Gasteiger partial charge is 0.510 e. The number of methoxy groups -OCH3 is 2. The molecule has 0 bridgehead atoms. The first-order valence-electron chi connectivity index (χ1n) is 15.8. The molecule has 3 rings (SSSR count). The summed E-state index contributed by atoms with van der Waals surface area (Å²) in [6.07, 6.45) is 6.28. The summed E-state index contributed by atoms with van der Waals surface area (Å²) in [5.41, 5.74) is 3.12. The molecule has 12 heteroatoms. The zero-order valence-electron chi connectivity index (χ0n) is 28.3. The summed E-state index contributed by atoms with van der Waals surface area (Å²) < 4.78 is 10.9. The minimum atomic E-state index is -0.754. The third kappa shape index (κ3) is 10.8. The smallest absolute Gasteiger partial charge is 0.279 e. The van der Waals surface area contributed by atoms with Crippen molar-refractivity contribution >= 4 is 34.6 Å². The van der Waals surface area contributed by atoms with Crippen molar-refractivity contribution in [2.24, 2.45) is 20.5 Å². The Bertz CT molecular complexity index is 1540. The van der Waals surface area contributed by atoms with Crippen molar-refractivity contribution in [1.29, 1.82) is 0 Å². The lowest BCUT2D eigenvalue weighted by atomic mass is 10.1. The van der Waals surface area contributed by atoms with Crippen molar-refractivity contribution in [1.82, 2.24) is 0 Å². The molecule has 0 unspecified atom stereocenters. The predicted molar refractivity (Wildman–Crippen MR) is 187 cm³/mol. The van der Waals surface area contributed by atoms with Crippen molar-refractivity contribution in [3.63, 3.8) is 0 Å². The number of nitrogens with one attached hydrogen (secondary N) is 2. The van der Waals surface area contributed by atoms with Gasteiger partial charge in [-0.1, -0.05) is 51.0 Å². The Morgan fingerprint density at radius 3 is 1.29 bits per heavy atom. The molecule has 0 aliphatic carbocycles. The molecule has 3 aromatic rings. The second-order valence-corrected chi connectivity index (χ2v) is 11.0. The van der Waals surface area contributed by atoms with Crippen LogP contribution >= 0.6 is 0 Å². The molecule has 0 saturated heterocycles. The second-order valence-electron chi connectivity index (χ2n) is 11.0. The number of carbonyl (C=O) groups excluding carboxylic acids is 2. The maximum absolute atomic E-state index is 13.2. The third-order valence-electron chi connectivity index (χ3n) is 7.18. The molecule has 0 aromatic heterocycles. The Hall–Kier alpha value is -5.52. The van der Waals surface area contributed by atoms with Crippen LogP contribution in [0.25, 0.3) is 0 Å². The molecule has 0 spiro atoms. The van der Waals surface area contributed by atoms with Gasteiger partial charge in [0.15, 0.2) is 11.4 Å². The monoisotopic (exact) mass is 656 g/mol. The highest BCUT2D eigenvalue weighted by Crippen LogP contribution is 2.37. The molecule has 0 saturated carbocycles. The van der Waals surface area contributed by atoms with E-state index in [-0.39, 0.29) is 45.8 Å². The van der Waals surface area contributed by atoms with E-state index in [0.29, 0.717) is 11.4 Å². The van der Waals surface area contributed by atoms with Crippen molar-refractivity contribution in [2.45, 2.75) is 66.2 Å². The molecular weight excluding hydrogens is 612 g/mol. The topological polar surface area (TPSA) is 167 Å². The van der Waals surface area contributed by atoms with E-state index in [4.69, 9.17) is 9.47 Å². The number of allylic oxidation sites excluding steroid dienone is 2. The van der Waals surface area contributed by atoms with Crippen molar-refractivity contribution in [3.05, 3.63) is 94.7 Å². The van der Waals surface area contributed by atoms with Crippen molar-refractivity contribution in [2.75, 3.05) is 24.9 Å². The fourth-order valence-corrected chi connectivity index (χ4v) is 4.46. The van der Waals surface area contributed by atoms with Crippen LogP contribution in [0.1, 0.15) is 64.5 Å². The van der Waals surface area contributed by atoms with E-state index >= 15 is 0 Å². The molecule has 0 atom stereocenters. The number of azo groups is 2. The van der Waals surface area contributed by atoms with E-state index in [1.807, 2.05) is 24.3 Å². The highest BCUT2D eigenvalue weighted by Gasteiger charge is 2.21. The van der Waals surface area contributed by atoms with Crippen LogP contribution in [0.2, 0.25) is 0 Å². The lowest BCUT2D eigenvalue weighted by Gasteiger charge is -2.16. The van der Waals surface area contributed by atoms with Crippen LogP contribution in [0.15, 0.2) is 104 Å². The van der Waals surface area contributed by atoms with Gasteiger partial charge in [0.1, 0.15) is 23.0 Å². The van der Waals surface area contributed by atoms with Crippen LogP contribution in [-0.2, 0) is 22.4 Å². The summed E-state index contributed by atoms with van der Waals surface area (Å²) in [5.74, 6) is -1.88. The predicted octanol–water partition coefficient (Wildman–Crippen LogP) is 9.41. The average Bonchev–Trinajstić information content (AvgIpc) is 3.07. The molecule has 12 nitrogen and oxygen atoms in total. The first-order chi connectivity index (χ1) is 23.1. The Labute approximate surface area is 281 Å². The Morgan fingerprint density at radius 1 is 0.646 bits per heavy atom. The van der Waals surface area contributed by atoms with E-state index in [9.17, 15) is 19.8 Å². The van der Waals surface area contributed by atoms with Gasteiger partial charge in [-0.15, -0.1) is 10.2 Å². The number of hydrogen-bond acceptors (Lipinski definition) is 10. The highest BCUT2D eigenvalue weighted by atomic mass is 16.5. The summed E-state index contributed by atoms with van der Waals surface area (Å²) >= 11 is 0. The van der Waals surface area contributed by atoms with E-state index in [0.717, 1.165) is 38.5 Å². The van der Waals surface area contributed by atoms with Crippen molar-refractivity contribution in [3.8, 4) is 11.5 Å². The molecule has 4 N–H and O–H groups in total. The first kappa shape index (κ1) is 36.9. The maximum atomic E-state index is 13.2. The maximum Gasteiger partial charge on any atom is 0.279 e. The molecule has 254 valence electrons. The number of benzene rings is 3. The lowest BCUT2D eigenvalue weighted by molar-refractivity contribution is -0.114. The zero-order chi connectivity index (χ0) is 35.1. The van der Waals surface area contributed by atoms with E-state index < -0.39 is 11.8 Å². The normalized spacial score (nSPS) is 12.5. The number of aliphatic hydroxyl groups excluding tert-OH is 2. The van der Waals surface area contributed by atoms with Gasteiger partial charge in [0.25, 0.3) is 11.8 Å². The summed E-state index contributed by atoms with van der Waals surface area (Å²) in [7, 11) is 2.76. The number of aliphatic hydroxyl groups is 2. The molecule has 0 aliphatic heterocycles. The fourth-order valence-electron chi connectivity index (χ4n) is 4.46. The average molecular weight is 657 g/mol. The lowest BCUT2D eigenvalue weighted by Crippen LogP contribution is -2.17. The van der Waals surface area contributed by atoms with Gasteiger partial charge in [0, 0.05) is 12.1 Å². The van der Waals surface area contributed by atoms with Gasteiger partial charge >= 0.3 is 0 Å². The Kier molecular flexibility index (Phi) is 14.3. The standard InChI is InChI=1S/C36H44N6O6/c1-7-9-11-25-13-17-27(18-14-25)39-41-33(23(3)43)35(45)37-29-21-32(48-6)30(22-31(29)47-5)38-36(46)34(24(4)44)42-40-28-19-15-26(16-20-28)12-10-8-2/h13-22,43-44H,7-12H2,1-6H3,(H,37,45)(H,38,46). The summed E-state index contributed by atoms with van der Waals surface area (Å²) in [4.78, 5) is 26.4. The quantitative estimate of drug-likeness (QED) is 0.0681. The van der Waals surface area contributed by atoms with Gasteiger partial charge in [0.2, 0.25) is 0 Å². The van der Waals surface area contributed by atoms with Gasteiger partial charge in [-0.2, -0.15) is 10.2 Å². The van der Waals surface area contributed by atoms with Gasteiger partial charge in [0.05, 0.1) is 37.0 Å². The molecule has 3 aromatic carbocycles. The number of unbranched alkanes of at least 4 members (excludes halogenated alkanes) is 2. The van der Waals surface area contributed by atoms with Gasteiger partial charge in [-0.3, -0.25) is 9.59 Å². The number of ether oxygens (including phenoxy) is 2. The third-order valence-corrected chi connectivity index (χ3v) is 7.18. The van der Waals surface area contributed by atoms with Crippen LogP contribution < -0.4 is 20.1 Å². The Balaban J connectivity index is 1.78. The number of nitrogens with zero attached hydrogens (tertiary/aromatic N) is 4. The number of carbonyl (C=O) groups is 2. The highest BCUT2D eigenvalue weighted by molar-refractivity contribution is 6.07. The molecule has 0 fully saturated rings. The zero-order valence-corrected chi connectivity index (χ0v) is 28.3. The summed E-state index contributed by atoms with van der Waals surface area (Å²) in [6, 6.07) is 17.8. The SMILES string of the molecule is CCCCc1ccc(N=NC(C(=O)Nc2cc(OC)c(NC(=O)C(N=Nc3ccc(CCCC)cc3)=C(C)O)cc2OC)=C(C)O)cc1. The minimum Gasteiger partial charge on any atom is -0.510 e. The molecule has 2 amide bonds. The van der Waals surface area contributed by atoms with E-state index in [1.54, 1.807) is 24.3 Å². The number of aryl methyl sites for hydroxylation is 2. The van der Waals surface area contributed by atoms with Crippen LogP contribution in [0.5, 0.6) is 11.5 Å². The number of hydrogen-bond donors (Lipinski definition) is 4. The van der Waals surface area contributed by atoms with Gasteiger partial charge in [-0.25, -0.2) is 0 Å². The van der Waals surface area contributed by atoms with E-state index in [2.05, 4.69) is 44.9 Å². The van der Waals surface area contributed by atoms with Crippen LogP contribution in [0.3, 0.4) is 0 Å². The molecular formula is C36H44N6O6. The fraction of sp³-hybridized carbons (Fsp3) is 0.333. The molecule has 0 heterocycles. The van der Waals surface area contributed by atoms with Crippen molar-refractivity contribution < 1.29 is 29.3 Å². The molecule has 48 heavy (non-hydrogen) atoms. The van der Waals surface area contributed by atoms with Crippen LogP contribution in [-0.4, -0.2) is 36.2 Å². The van der Waals surface area contributed by atoms with Crippen LogP contribution in [0, 0.1) is 0 Å². The van der Waals surface area contributed by atoms with Gasteiger partial charge in [-0.05, 0) is 74.9 Å². The number of rotatable bonds is 16. The van der Waals surface area contributed by atoms with E-state index in [1.165, 1.54) is 51.3 Å². The first-order valence-corrected chi connectivity index (χ1v) is 15.8. The van der Waals surface area contributed by atoms with Crippen LogP contribution in [0.4, 0.5) is 22.7 Å². The second kappa shape index (κ2) is 18.6. The molecule has 0 aliphatic rings. The summed E-state index contributed by atoms with van der Waals surface area (Å²) in [5, 5.41) is 42.0. The van der Waals surface area contributed by atoms with Gasteiger partial charge < -0.3 is 30.3 Å². The number of anilines is 2.